The Morgan fingerprint density at radius 1 is 0.944 bits per heavy atom. The molecule has 0 bridgehead atoms. The van der Waals surface area contributed by atoms with E-state index in [0.29, 0.717) is 16.8 Å². The molecule has 0 aliphatic rings. The van der Waals surface area contributed by atoms with Crippen molar-refractivity contribution < 1.29 is 4.79 Å². The van der Waals surface area contributed by atoms with Crippen LogP contribution in [0.4, 0.5) is 5.69 Å². The number of benzene rings is 2. The molecule has 2 N–H and O–H groups in total. The van der Waals surface area contributed by atoms with Gasteiger partial charge in [-0.15, -0.1) is 0 Å². The Bertz CT molecular complexity index is 594. The maximum Gasteiger partial charge on any atom is 0.195 e. The van der Waals surface area contributed by atoms with Crippen molar-refractivity contribution in [2.75, 3.05) is 5.73 Å². The molecule has 2 rings (SSSR count). The summed E-state index contributed by atoms with van der Waals surface area (Å²) in [5, 5.41) is 0. The number of rotatable bonds is 2. The molecule has 0 aliphatic carbocycles. The van der Waals surface area contributed by atoms with Crippen LogP contribution in [0.1, 0.15) is 32.6 Å². The molecule has 0 atom stereocenters. The fraction of sp³-hybridized carbons (Fsp3) is 0.188. The zero-order chi connectivity index (χ0) is 13.3. The summed E-state index contributed by atoms with van der Waals surface area (Å²) >= 11 is 0. The second-order valence-corrected chi connectivity index (χ2v) is 4.67. The number of nitrogen functional groups attached to an aromatic ring is 1. The predicted octanol–water partition coefficient (Wildman–Crippen LogP) is 3.43. The molecular formula is C16H17NO. The van der Waals surface area contributed by atoms with Crippen LogP contribution < -0.4 is 5.73 Å². The summed E-state index contributed by atoms with van der Waals surface area (Å²) in [4.78, 5) is 12.5. The number of anilines is 1. The minimum absolute atomic E-state index is 0.00583. The lowest BCUT2D eigenvalue weighted by atomic mass is 9.95. The molecule has 0 aliphatic heterocycles. The van der Waals surface area contributed by atoms with E-state index in [1.807, 2.05) is 51.1 Å². The number of carbonyl (C=O) groups excluding carboxylic acids is 1. The minimum Gasteiger partial charge on any atom is -0.398 e. The fourth-order valence-corrected chi connectivity index (χ4v) is 2.03. The molecule has 2 heteroatoms. The van der Waals surface area contributed by atoms with Crippen molar-refractivity contribution in [1.82, 2.24) is 0 Å². The van der Waals surface area contributed by atoms with Gasteiger partial charge in [-0.2, -0.15) is 0 Å². The molecule has 0 saturated heterocycles. The van der Waals surface area contributed by atoms with Crippen LogP contribution in [0.3, 0.4) is 0 Å². The Labute approximate surface area is 107 Å². The van der Waals surface area contributed by atoms with Gasteiger partial charge in [0.25, 0.3) is 0 Å². The van der Waals surface area contributed by atoms with E-state index in [4.69, 9.17) is 5.73 Å². The van der Waals surface area contributed by atoms with Crippen LogP contribution in [0.2, 0.25) is 0 Å². The first-order valence-electron chi connectivity index (χ1n) is 5.97. The van der Waals surface area contributed by atoms with E-state index >= 15 is 0 Å². The van der Waals surface area contributed by atoms with Crippen LogP contribution in [-0.2, 0) is 0 Å². The first-order chi connectivity index (χ1) is 8.50. The molecule has 18 heavy (non-hydrogen) atoms. The summed E-state index contributed by atoms with van der Waals surface area (Å²) in [6, 6.07) is 11.3. The molecule has 0 spiro atoms. The third-order valence-corrected chi connectivity index (χ3v) is 3.30. The Kier molecular flexibility index (Phi) is 3.19. The van der Waals surface area contributed by atoms with E-state index < -0.39 is 0 Å². The van der Waals surface area contributed by atoms with Crippen LogP contribution in [0.25, 0.3) is 0 Å². The molecule has 0 heterocycles. The summed E-state index contributed by atoms with van der Waals surface area (Å²) in [7, 11) is 0. The van der Waals surface area contributed by atoms with Gasteiger partial charge in [0.15, 0.2) is 5.78 Å². The fourth-order valence-electron chi connectivity index (χ4n) is 2.03. The molecule has 2 nitrogen and oxygen atoms in total. The van der Waals surface area contributed by atoms with E-state index in [0.717, 1.165) is 11.1 Å². The number of ketones is 1. The molecule has 0 fully saturated rings. The quantitative estimate of drug-likeness (QED) is 0.644. The summed E-state index contributed by atoms with van der Waals surface area (Å²) in [6.45, 7) is 5.95. The van der Waals surface area contributed by atoms with E-state index in [9.17, 15) is 4.79 Å². The van der Waals surface area contributed by atoms with Crippen molar-refractivity contribution in [2.24, 2.45) is 0 Å². The van der Waals surface area contributed by atoms with Gasteiger partial charge in [0, 0.05) is 16.8 Å². The average Bonchev–Trinajstić information content (AvgIpc) is 2.32. The first-order valence-corrected chi connectivity index (χ1v) is 5.97. The van der Waals surface area contributed by atoms with E-state index in [-0.39, 0.29) is 5.78 Å². The lowest BCUT2D eigenvalue weighted by molar-refractivity contribution is 0.103. The van der Waals surface area contributed by atoms with Gasteiger partial charge < -0.3 is 5.73 Å². The Balaban J connectivity index is 2.51. The van der Waals surface area contributed by atoms with Crippen molar-refractivity contribution in [1.29, 1.82) is 0 Å². The average molecular weight is 239 g/mol. The second-order valence-electron chi connectivity index (χ2n) is 4.67. The lowest BCUT2D eigenvalue weighted by Gasteiger charge is -2.09. The highest BCUT2D eigenvalue weighted by molar-refractivity contribution is 6.13. The van der Waals surface area contributed by atoms with Gasteiger partial charge in [-0.05, 0) is 49.6 Å². The highest BCUT2D eigenvalue weighted by Crippen LogP contribution is 2.21. The maximum atomic E-state index is 12.5. The summed E-state index contributed by atoms with van der Waals surface area (Å²) in [5.41, 5.74) is 11.0. The molecule has 0 saturated carbocycles. The van der Waals surface area contributed by atoms with Gasteiger partial charge in [-0.1, -0.05) is 24.3 Å². The van der Waals surface area contributed by atoms with Gasteiger partial charge in [0.1, 0.15) is 0 Å². The predicted molar refractivity (Wildman–Crippen MR) is 74.9 cm³/mol. The Morgan fingerprint density at radius 3 is 2.28 bits per heavy atom. The molecule has 0 aromatic heterocycles. The van der Waals surface area contributed by atoms with Gasteiger partial charge in [0.2, 0.25) is 0 Å². The molecule has 2 aromatic rings. The van der Waals surface area contributed by atoms with Gasteiger partial charge in [0.05, 0.1) is 0 Å². The normalized spacial score (nSPS) is 10.4. The van der Waals surface area contributed by atoms with E-state index in [1.54, 1.807) is 6.07 Å². The number of carbonyl (C=O) groups is 1. The molecule has 0 radical (unpaired) electrons. The first kappa shape index (κ1) is 12.4. The van der Waals surface area contributed by atoms with Crippen LogP contribution in [0.15, 0.2) is 36.4 Å². The topological polar surface area (TPSA) is 43.1 Å². The summed E-state index contributed by atoms with van der Waals surface area (Å²) in [6.07, 6.45) is 0. The van der Waals surface area contributed by atoms with Crippen molar-refractivity contribution in [3.05, 3.63) is 64.2 Å². The van der Waals surface area contributed by atoms with Crippen LogP contribution in [0, 0.1) is 20.8 Å². The zero-order valence-corrected chi connectivity index (χ0v) is 10.9. The maximum absolute atomic E-state index is 12.5. The van der Waals surface area contributed by atoms with Crippen molar-refractivity contribution in [3.63, 3.8) is 0 Å². The van der Waals surface area contributed by atoms with Crippen LogP contribution in [-0.4, -0.2) is 5.78 Å². The minimum atomic E-state index is -0.00583. The number of hydrogen-bond donors (Lipinski definition) is 1. The third-order valence-electron chi connectivity index (χ3n) is 3.30. The van der Waals surface area contributed by atoms with Crippen molar-refractivity contribution >= 4 is 11.5 Å². The smallest absolute Gasteiger partial charge is 0.195 e. The molecule has 92 valence electrons. The zero-order valence-electron chi connectivity index (χ0n) is 10.9. The van der Waals surface area contributed by atoms with Crippen molar-refractivity contribution in [2.45, 2.75) is 20.8 Å². The standard InChI is InChI=1S/C16H17NO/c1-10-7-8-13(9-12(10)3)16(18)15-11(2)5-4-6-14(15)17/h4-9H,17H2,1-3H3. The Morgan fingerprint density at radius 2 is 1.67 bits per heavy atom. The highest BCUT2D eigenvalue weighted by atomic mass is 16.1. The monoisotopic (exact) mass is 239 g/mol. The largest absolute Gasteiger partial charge is 0.398 e. The molecule has 0 amide bonds. The van der Waals surface area contributed by atoms with E-state index in [1.165, 1.54) is 5.56 Å². The number of aryl methyl sites for hydroxylation is 3. The Hall–Kier alpha value is -2.09. The second kappa shape index (κ2) is 4.65. The number of nitrogens with two attached hydrogens (primary N) is 1. The van der Waals surface area contributed by atoms with Crippen molar-refractivity contribution in [3.8, 4) is 0 Å². The third kappa shape index (κ3) is 2.14. The SMILES string of the molecule is Cc1ccc(C(=O)c2c(C)cccc2N)cc1C. The lowest BCUT2D eigenvalue weighted by Crippen LogP contribution is -2.08. The number of hydrogen-bond acceptors (Lipinski definition) is 2. The van der Waals surface area contributed by atoms with Gasteiger partial charge in [-0.3, -0.25) is 4.79 Å². The molecule has 0 unspecified atom stereocenters. The van der Waals surface area contributed by atoms with Crippen LogP contribution >= 0.6 is 0 Å². The van der Waals surface area contributed by atoms with Crippen LogP contribution in [0.5, 0.6) is 0 Å². The molecular weight excluding hydrogens is 222 g/mol. The van der Waals surface area contributed by atoms with Gasteiger partial charge >= 0.3 is 0 Å². The summed E-state index contributed by atoms with van der Waals surface area (Å²) in [5.74, 6) is -0.00583. The highest BCUT2D eigenvalue weighted by Gasteiger charge is 2.15. The van der Waals surface area contributed by atoms with E-state index in [2.05, 4.69) is 0 Å². The van der Waals surface area contributed by atoms with Gasteiger partial charge in [-0.25, -0.2) is 0 Å². The molecule has 2 aromatic carbocycles. The summed E-state index contributed by atoms with van der Waals surface area (Å²) < 4.78 is 0.